The van der Waals surface area contributed by atoms with Crippen molar-refractivity contribution in [2.75, 3.05) is 24.7 Å². The number of aromatic carboxylic acids is 1. The second-order valence-corrected chi connectivity index (χ2v) is 12.9. The summed E-state index contributed by atoms with van der Waals surface area (Å²) in [5.74, 6) is -6.13. The van der Waals surface area contributed by atoms with Crippen molar-refractivity contribution in [2.24, 2.45) is 11.7 Å². The first kappa shape index (κ1) is 35.0. The van der Waals surface area contributed by atoms with E-state index in [1.807, 2.05) is 0 Å². The number of aryl methyl sites for hydroxylation is 2. The van der Waals surface area contributed by atoms with Crippen LogP contribution in [0.5, 0.6) is 0 Å². The van der Waals surface area contributed by atoms with Crippen LogP contribution in [-0.4, -0.2) is 59.5 Å². The molecule has 3 heterocycles. The summed E-state index contributed by atoms with van der Waals surface area (Å²) in [5.41, 5.74) is 4.81. The van der Waals surface area contributed by atoms with E-state index in [1.165, 1.54) is 17.7 Å². The number of nitrogens with zero attached hydrogens (tertiary/aromatic N) is 3. The van der Waals surface area contributed by atoms with Crippen LogP contribution in [0.2, 0.25) is 0 Å². The Morgan fingerprint density at radius 2 is 1.40 bits per heavy atom. The number of aromatic nitrogens is 2. The number of benzene rings is 2. The zero-order valence-corrected chi connectivity index (χ0v) is 26.8. The van der Waals surface area contributed by atoms with Crippen LogP contribution in [0.15, 0.2) is 34.1 Å². The summed E-state index contributed by atoms with van der Waals surface area (Å²) in [7, 11) is -3.38. The minimum atomic E-state index is -3.38. The van der Waals surface area contributed by atoms with Crippen LogP contribution >= 0.6 is 0 Å². The molecule has 2 aliphatic carbocycles. The Bertz CT molecular complexity index is 2190. The van der Waals surface area contributed by atoms with Gasteiger partial charge in [-0.05, 0) is 57.2 Å². The Balaban J connectivity index is 0.000000175. The first-order valence-corrected chi connectivity index (χ1v) is 15.8. The van der Waals surface area contributed by atoms with Gasteiger partial charge in [-0.2, -0.15) is 0 Å². The van der Waals surface area contributed by atoms with Crippen molar-refractivity contribution in [3.05, 3.63) is 84.7 Å². The van der Waals surface area contributed by atoms with E-state index in [9.17, 15) is 50.5 Å². The highest BCUT2D eigenvalue weighted by Crippen LogP contribution is 2.41. The predicted molar refractivity (Wildman–Crippen MR) is 172 cm³/mol. The van der Waals surface area contributed by atoms with Crippen molar-refractivity contribution >= 4 is 46.9 Å². The molecule has 7 rings (SSSR count). The average molecular weight is 704 g/mol. The van der Waals surface area contributed by atoms with Crippen LogP contribution in [0.4, 0.5) is 31.9 Å². The number of rotatable bonds is 7. The Kier molecular flexibility index (Phi) is 9.22. The topological polar surface area (TPSA) is 137 Å². The normalized spacial score (nSPS) is 18.7. The van der Waals surface area contributed by atoms with Crippen LogP contribution < -0.4 is 21.5 Å². The summed E-state index contributed by atoms with van der Waals surface area (Å²) in [6, 6.07) is 1.41. The van der Waals surface area contributed by atoms with Gasteiger partial charge in [-0.25, -0.2) is 31.4 Å². The number of carboxylic acids is 1. The first-order valence-electron chi connectivity index (χ1n) is 15.8. The molecule has 0 radical (unpaired) electrons. The third kappa shape index (κ3) is 6.22. The highest BCUT2D eigenvalue weighted by molar-refractivity contribution is 6.38. The van der Waals surface area contributed by atoms with Crippen molar-refractivity contribution in [3.63, 3.8) is 0 Å². The van der Waals surface area contributed by atoms with Crippen molar-refractivity contribution in [2.45, 2.75) is 57.7 Å². The van der Waals surface area contributed by atoms with Gasteiger partial charge in [-0.1, -0.05) is 0 Å². The van der Waals surface area contributed by atoms with E-state index >= 15 is 0 Å². The number of anilines is 1. The molecule has 3 aliphatic rings. The number of halogens is 6. The molecular formula is C33H31BF6N4O6. The zero-order valence-electron chi connectivity index (χ0n) is 26.8. The third-order valence-electron chi connectivity index (χ3n) is 9.45. The lowest BCUT2D eigenvalue weighted by molar-refractivity contribution is 0.0682. The van der Waals surface area contributed by atoms with E-state index in [0.717, 1.165) is 37.9 Å². The minimum absolute atomic E-state index is 0.0612. The third-order valence-corrected chi connectivity index (χ3v) is 9.45. The monoisotopic (exact) mass is 704 g/mol. The van der Waals surface area contributed by atoms with Crippen LogP contribution in [0, 0.1) is 37.2 Å². The first-order chi connectivity index (χ1) is 23.6. The van der Waals surface area contributed by atoms with Gasteiger partial charge >= 0.3 is 19.4 Å². The molecule has 0 spiro atoms. The molecule has 3 N–H and O–H groups in total. The number of hydrogen-bond donors (Lipinski definition) is 2. The highest BCUT2D eigenvalue weighted by Gasteiger charge is 2.35. The van der Waals surface area contributed by atoms with E-state index in [0.29, 0.717) is 35.9 Å². The summed E-state index contributed by atoms with van der Waals surface area (Å²) in [4.78, 5) is 49.8. The van der Waals surface area contributed by atoms with E-state index in [-0.39, 0.29) is 51.5 Å². The van der Waals surface area contributed by atoms with Crippen LogP contribution in [-0.2, 0) is 4.65 Å². The maximum atomic E-state index is 15.0. The van der Waals surface area contributed by atoms with Gasteiger partial charge in [0.1, 0.15) is 16.9 Å². The van der Waals surface area contributed by atoms with E-state index < -0.39 is 60.0 Å². The highest BCUT2D eigenvalue weighted by atomic mass is 19.2. The summed E-state index contributed by atoms with van der Waals surface area (Å²) in [6.07, 6.45) is 5.64. The Morgan fingerprint density at radius 1 is 0.880 bits per heavy atom. The largest absolute Gasteiger partial charge is 0.798 e. The molecule has 2 saturated carbocycles. The van der Waals surface area contributed by atoms with Crippen LogP contribution in [0.3, 0.4) is 0 Å². The Morgan fingerprint density at radius 3 is 1.90 bits per heavy atom. The van der Waals surface area contributed by atoms with Crippen LogP contribution in [0.1, 0.15) is 69.6 Å². The number of nitrogens with two attached hydrogens (primary N) is 1. The van der Waals surface area contributed by atoms with Crippen molar-refractivity contribution in [1.82, 2.24) is 9.13 Å². The van der Waals surface area contributed by atoms with E-state index in [1.54, 1.807) is 16.4 Å². The van der Waals surface area contributed by atoms with E-state index in [2.05, 4.69) is 4.65 Å². The molecule has 0 bridgehead atoms. The Labute approximate surface area is 280 Å². The average Bonchev–Trinajstić information content (AvgIpc) is 3.99. The molecular weight excluding hydrogens is 673 g/mol. The lowest BCUT2D eigenvalue weighted by Gasteiger charge is -2.24. The maximum Gasteiger partial charge on any atom is 0.798 e. The molecule has 3 fully saturated rings. The molecule has 0 unspecified atom stereocenters. The molecule has 4 aromatic rings. The summed E-state index contributed by atoms with van der Waals surface area (Å²) < 4.78 is 87.0. The SMILES string of the molecule is Cc1c(F)c(F)cc2c(=O)c(C(=O)OB(F)F)cn(C3CC3)c12.Cc1c(N2C[C@H](CF)[C@H](N)C2)c(F)cc2c(=O)c(C(=O)O)cn(C3CC3)c12. The van der Waals surface area contributed by atoms with Crippen molar-refractivity contribution in [3.8, 4) is 0 Å². The number of hydrogen-bond acceptors (Lipinski definition) is 7. The molecule has 0 amide bonds. The molecule has 1 saturated heterocycles. The maximum absolute atomic E-state index is 15.0. The number of alkyl halides is 1. The Hall–Kier alpha value is -4.80. The molecule has 264 valence electrons. The fourth-order valence-electron chi connectivity index (χ4n) is 6.68. The molecule has 2 aromatic heterocycles. The predicted octanol–water partition coefficient (Wildman–Crippen LogP) is 5.22. The number of fused-ring (bicyclic) bond motifs is 2. The summed E-state index contributed by atoms with van der Waals surface area (Å²) in [6.45, 7) is 3.10. The van der Waals surface area contributed by atoms with Gasteiger partial charge in [0.2, 0.25) is 10.9 Å². The quantitative estimate of drug-likeness (QED) is 0.198. The minimum Gasteiger partial charge on any atom is -0.477 e. The molecule has 10 nitrogen and oxygen atoms in total. The summed E-state index contributed by atoms with van der Waals surface area (Å²) >= 11 is 0. The number of carboxylic acid groups (broad SMARTS) is 1. The zero-order chi connectivity index (χ0) is 36.3. The smallest absolute Gasteiger partial charge is 0.477 e. The second-order valence-electron chi connectivity index (χ2n) is 12.9. The lowest BCUT2D eigenvalue weighted by atomic mass is 10.0. The summed E-state index contributed by atoms with van der Waals surface area (Å²) in [5, 5.41) is 9.16. The lowest BCUT2D eigenvalue weighted by Crippen LogP contribution is -2.30. The van der Waals surface area contributed by atoms with Gasteiger partial charge in [0.25, 0.3) is 0 Å². The molecule has 1 aliphatic heterocycles. The fraction of sp³-hybridized carbons (Fsp3) is 0.394. The standard InChI is InChI=1S/C19H21F2N3O3.C14H10BF4NO3/c1-9-16-12(18(25)13(19(26)27)7-24(16)11-2-3-11)4-14(21)17(9)23-6-10(5-20)15(22)8-23;1-6-11(17)10(16)4-8-12(6)20(7-2-3-7)5-9(13(8)21)14(22)23-15(18)19/h4,7,10-11,15H,2-3,5-6,8,22H2,1H3,(H,26,27);4-5,7H,2-3H2,1H3/t10-,15+;/m0./s1. The van der Waals surface area contributed by atoms with Gasteiger partial charge in [0, 0.05) is 65.9 Å². The molecule has 17 heteroatoms. The molecule has 50 heavy (non-hydrogen) atoms. The van der Waals surface area contributed by atoms with Gasteiger partial charge in [-0.15, -0.1) is 0 Å². The number of carbonyl (C=O) groups is 2. The van der Waals surface area contributed by atoms with Gasteiger partial charge < -0.3 is 29.5 Å². The molecule has 2 aromatic carbocycles. The second kappa shape index (κ2) is 13.2. The van der Waals surface area contributed by atoms with Gasteiger partial charge in [0.05, 0.1) is 23.4 Å². The van der Waals surface area contributed by atoms with Crippen molar-refractivity contribution < 1.29 is 45.5 Å². The van der Waals surface area contributed by atoms with Gasteiger partial charge in [0.15, 0.2) is 11.6 Å². The van der Waals surface area contributed by atoms with Crippen molar-refractivity contribution in [1.29, 1.82) is 0 Å². The number of carbonyl (C=O) groups excluding carboxylic acids is 1. The van der Waals surface area contributed by atoms with Crippen LogP contribution in [0.25, 0.3) is 21.8 Å². The fourth-order valence-corrected chi connectivity index (χ4v) is 6.68. The number of pyridine rings is 2. The molecule has 2 atom stereocenters. The van der Waals surface area contributed by atoms with E-state index in [4.69, 9.17) is 5.73 Å². The van der Waals surface area contributed by atoms with Gasteiger partial charge in [-0.3, -0.25) is 14.0 Å².